The molecule has 0 spiro atoms. The van der Waals surface area contributed by atoms with Gasteiger partial charge in [-0.2, -0.15) is 0 Å². The fourth-order valence-electron chi connectivity index (χ4n) is 1.29. The molecule has 4 nitrogen and oxygen atoms in total. The minimum Gasteiger partial charge on any atom is -0.395 e. The van der Waals surface area contributed by atoms with Crippen LogP contribution in [-0.2, 0) is 16.6 Å². The summed E-state index contributed by atoms with van der Waals surface area (Å²) < 4.78 is 23.8. The maximum Gasteiger partial charge on any atom is 0.211 e. The molecule has 1 N–H and O–H groups in total. The largest absolute Gasteiger partial charge is 0.395 e. The van der Waals surface area contributed by atoms with Gasteiger partial charge in [-0.3, -0.25) is 0 Å². The summed E-state index contributed by atoms with van der Waals surface area (Å²) in [6.07, 6.45) is 1.64. The highest BCUT2D eigenvalue weighted by atomic mass is 32.2. The first kappa shape index (κ1) is 14.7. The number of aliphatic hydroxyl groups excluding tert-OH is 1. The van der Waals surface area contributed by atoms with Gasteiger partial charge in [0.15, 0.2) is 0 Å². The maximum absolute atomic E-state index is 11.3. The second kappa shape index (κ2) is 6.55. The van der Waals surface area contributed by atoms with Crippen molar-refractivity contribution >= 4 is 10.0 Å². The molecule has 1 rings (SSSR count). The Balaban J connectivity index is 2.70. The van der Waals surface area contributed by atoms with Crippen molar-refractivity contribution in [1.29, 1.82) is 0 Å². The molecule has 18 heavy (non-hydrogen) atoms. The fraction of sp³-hybridized carbons (Fsp3) is 0.385. The summed E-state index contributed by atoms with van der Waals surface area (Å²) >= 11 is 0. The number of rotatable bonds is 4. The van der Waals surface area contributed by atoms with Gasteiger partial charge in [0.2, 0.25) is 10.0 Å². The smallest absolute Gasteiger partial charge is 0.211 e. The molecule has 5 heteroatoms. The van der Waals surface area contributed by atoms with Gasteiger partial charge >= 0.3 is 0 Å². The van der Waals surface area contributed by atoms with E-state index >= 15 is 0 Å². The van der Waals surface area contributed by atoms with E-state index in [1.54, 1.807) is 7.05 Å². The first-order valence-corrected chi connectivity index (χ1v) is 7.38. The lowest BCUT2D eigenvalue weighted by Gasteiger charge is -2.13. The normalized spacial score (nSPS) is 11.1. The van der Waals surface area contributed by atoms with Crippen LogP contribution in [0.1, 0.15) is 17.5 Å². The number of hydrogen-bond donors (Lipinski definition) is 1. The second-order valence-electron chi connectivity index (χ2n) is 3.99. The molecular formula is C13H17NO3S. The Bertz CT molecular complexity index is 538. The van der Waals surface area contributed by atoms with Crippen LogP contribution in [0, 0.1) is 11.8 Å². The van der Waals surface area contributed by atoms with E-state index in [0.29, 0.717) is 13.0 Å². The molecule has 1 aromatic rings. The SMILES string of the molecule is CN(Cc1ccc(C#CCCO)cc1)S(C)(=O)=O. The van der Waals surface area contributed by atoms with Crippen LogP contribution in [0.15, 0.2) is 24.3 Å². The highest BCUT2D eigenvalue weighted by Crippen LogP contribution is 2.08. The number of aliphatic hydroxyl groups is 1. The Morgan fingerprint density at radius 2 is 1.89 bits per heavy atom. The molecular weight excluding hydrogens is 250 g/mol. The van der Waals surface area contributed by atoms with Crippen molar-refractivity contribution in [2.45, 2.75) is 13.0 Å². The van der Waals surface area contributed by atoms with Crippen LogP contribution in [0.5, 0.6) is 0 Å². The lowest BCUT2D eigenvalue weighted by molar-refractivity contribution is 0.305. The molecule has 98 valence electrons. The van der Waals surface area contributed by atoms with Gasteiger partial charge < -0.3 is 5.11 Å². The predicted molar refractivity (Wildman–Crippen MR) is 71.3 cm³/mol. The van der Waals surface area contributed by atoms with Gasteiger partial charge in [0.25, 0.3) is 0 Å². The second-order valence-corrected chi connectivity index (χ2v) is 6.08. The van der Waals surface area contributed by atoms with Crippen LogP contribution in [0.3, 0.4) is 0 Å². The van der Waals surface area contributed by atoms with Crippen molar-refractivity contribution in [1.82, 2.24) is 4.31 Å². The van der Waals surface area contributed by atoms with Crippen LogP contribution in [0.4, 0.5) is 0 Å². The molecule has 0 amide bonds. The Morgan fingerprint density at radius 1 is 1.28 bits per heavy atom. The number of nitrogens with zero attached hydrogens (tertiary/aromatic N) is 1. The third-order valence-corrected chi connectivity index (χ3v) is 3.66. The number of benzene rings is 1. The maximum atomic E-state index is 11.3. The van der Waals surface area contributed by atoms with Gasteiger partial charge in [-0.15, -0.1) is 0 Å². The Hall–Kier alpha value is -1.35. The van der Waals surface area contributed by atoms with Crippen LogP contribution in [0.25, 0.3) is 0 Å². The van der Waals surface area contributed by atoms with Gasteiger partial charge in [-0.05, 0) is 17.7 Å². The lowest BCUT2D eigenvalue weighted by atomic mass is 10.1. The molecule has 0 heterocycles. The van der Waals surface area contributed by atoms with Crippen LogP contribution < -0.4 is 0 Å². The molecule has 0 saturated carbocycles. The monoisotopic (exact) mass is 267 g/mol. The van der Waals surface area contributed by atoms with Gasteiger partial charge in [0.1, 0.15) is 0 Å². The summed E-state index contributed by atoms with van der Waals surface area (Å²) in [5.74, 6) is 5.74. The molecule has 0 radical (unpaired) electrons. The zero-order valence-electron chi connectivity index (χ0n) is 10.5. The first-order valence-electron chi connectivity index (χ1n) is 5.53. The molecule has 0 saturated heterocycles. The van der Waals surface area contributed by atoms with Crippen molar-refractivity contribution in [2.75, 3.05) is 19.9 Å². The molecule has 0 bridgehead atoms. The average molecular weight is 267 g/mol. The van der Waals surface area contributed by atoms with E-state index in [4.69, 9.17) is 5.11 Å². The van der Waals surface area contributed by atoms with Crippen LogP contribution in [0.2, 0.25) is 0 Å². The van der Waals surface area contributed by atoms with Crippen LogP contribution in [-0.4, -0.2) is 37.7 Å². The highest BCUT2D eigenvalue weighted by molar-refractivity contribution is 7.88. The predicted octanol–water partition coefficient (Wildman–Crippen LogP) is 0.812. The van der Waals surface area contributed by atoms with E-state index in [-0.39, 0.29) is 6.61 Å². The molecule has 0 aliphatic carbocycles. The quantitative estimate of drug-likeness (QED) is 0.821. The number of hydrogen-bond acceptors (Lipinski definition) is 3. The number of sulfonamides is 1. The zero-order valence-corrected chi connectivity index (χ0v) is 11.4. The fourth-order valence-corrected chi connectivity index (χ4v) is 1.67. The van der Waals surface area contributed by atoms with Crippen LogP contribution >= 0.6 is 0 Å². The summed E-state index contributed by atoms with van der Waals surface area (Å²) in [7, 11) is -1.61. The molecule has 0 aromatic heterocycles. The van der Waals surface area contributed by atoms with Crippen molar-refractivity contribution in [3.05, 3.63) is 35.4 Å². The Morgan fingerprint density at radius 3 is 2.39 bits per heavy atom. The minimum atomic E-state index is -3.15. The molecule has 0 unspecified atom stereocenters. The van der Waals surface area contributed by atoms with Crippen molar-refractivity contribution < 1.29 is 13.5 Å². The van der Waals surface area contributed by atoms with E-state index in [0.717, 1.165) is 11.1 Å². The summed E-state index contributed by atoms with van der Waals surface area (Å²) in [6.45, 7) is 0.410. The third kappa shape index (κ3) is 4.88. The topological polar surface area (TPSA) is 57.6 Å². The van der Waals surface area contributed by atoms with Gasteiger partial charge in [0, 0.05) is 25.6 Å². The highest BCUT2D eigenvalue weighted by Gasteiger charge is 2.10. The Kier molecular flexibility index (Phi) is 5.35. The zero-order chi connectivity index (χ0) is 13.6. The Labute approximate surface area is 108 Å². The van der Waals surface area contributed by atoms with E-state index in [1.807, 2.05) is 24.3 Å². The van der Waals surface area contributed by atoms with E-state index in [1.165, 1.54) is 10.6 Å². The summed E-state index contributed by atoms with van der Waals surface area (Å²) in [4.78, 5) is 0. The molecule has 0 atom stereocenters. The standard InChI is InChI=1S/C13H17NO3S/c1-14(18(2,16)17)11-13-8-6-12(7-9-13)5-3-4-10-15/h6-9,15H,4,10-11H2,1-2H3. The van der Waals surface area contributed by atoms with E-state index in [9.17, 15) is 8.42 Å². The molecule has 0 fully saturated rings. The molecule has 1 aromatic carbocycles. The van der Waals surface area contributed by atoms with Gasteiger partial charge in [-0.1, -0.05) is 24.0 Å². The minimum absolute atomic E-state index is 0.0598. The summed E-state index contributed by atoms with van der Waals surface area (Å²) in [5.41, 5.74) is 1.77. The van der Waals surface area contributed by atoms with Gasteiger partial charge in [0.05, 0.1) is 12.9 Å². The molecule has 0 aliphatic rings. The molecule has 0 aliphatic heterocycles. The first-order chi connectivity index (χ1) is 8.43. The summed E-state index contributed by atoms with van der Waals surface area (Å²) in [6, 6.07) is 7.39. The third-order valence-electron chi connectivity index (χ3n) is 2.39. The van der Waals surface area contributed by atoms with E-state index < -0.39 is 10.0 Å². The van der Waals surface area contributed by atoms with Crippen molar-refractivity contribution in [3.8, 4) is 11.8 Å². The average Bonchev–Trinajstić information content (AvgIpc) is 2.30. The van der Waals surface area contributed by atoms with Crippen molar-refractivity contribution in [2.24, 2.45) is 0 Å². The lowest BCUT2D eigenvalue weighted by Crippen LogP contribution is -2.24. The van der Waals surface area contributed by atoms with Gasteiger partial charge in [-0.25, -0.2) is 12.7 Å². The summed E-state index contributed by atoms with van der Waals surface area (Å²) in [5, 5.41) is 8.60. The van der Waals surface area contributed by atoms with E-state index in [2.05, 4.69) is 11.8 Å². The van der Waals surface area contributed by atoms with Crippen molar-refractivity contribution in [3.63, 3.8) is 0 Å².